The van der Waals surface area contributed by atoms with E-state index < -0.39 is 0 Å². The number of benzene rings is 1. The average Bonchev–Trinajstić information content (AvgIpc) is 3.15. The van der Waals surface area contributed by atoms with Crippen LogP contribution in [0, 0.1) is 5.41 Å². The van der Waals surface area contributed by atoms with E-state index >= 15 is 0 Å². The van der Waals surface area contributed by atoms with Crippen molar-refractivity contribution in [3.8, 4) is 0 Å². The summed E-state index contributed by atoms with van der Waals surface area (Å²) in [5.41, 5.74) is 5.92. The molecule has 0 aromatic heterocycles. The second-order valence-electron chi connectivity index (χ2n) is 7.99. The van der Waals surface area contributed by atoms with Gasteiger partial charge in [0.2, 0.25) is 0 Å². The fourth-order valence-electron chi connectivity index (χ4n) is 3.17. The molecule has 0 amide bonds. The topological polar surface area (TPSA) is 3.01 Å². The van der Waals surface area contributed by atoms with Crippen LogP contribution in [0.2, 0.25) is 0 Å². The first kappa shape index (κ1) is 17.8. The van der Waals surface area contributed by atoms with Gasteiger partial charge in [-0.15, -0.1) is 0 Å². The molecule has 0 radical (unpaired) electrons. The number of unbranched alkanes of at least 4 members (excludes halogenated alkanes) is 4. The smallest absolute Gasteiger partial charge is 0.0677 e. The zero-order valence-electron chi connectivity index (χ0n) is 15.5. The van der Waals surface area contributed by atoms with Crippen LogP contribution in [0.4, 0.5) is 0 Å². The normalized spacial score (nSPS) is 14.3. The van der Waals surface area contributed by atoms with E-state index in [1.807, 2.05) is 6.08 Å². The van der Waals surface area contributed by atoms with Crippen molar-refractivity contribution < 1.29 is 0 Å². The number of hydrogen-bond donors (Lipinski definition) is 0. The Hall–Kier alpha value is -1.50. The molecule has 0 saturated carbocycles. The van der Waals surface area contributed by atoms with Crippen molar-refractivity contribution in [1.82, 2.24) is 4.90 Å². The zero-order chi connectivity index (χ0) is 16.9. The fourth-order valence-corrected chi connectivity index (χ4v) is 3.17. The lowest BCUT2D eigenvalue weighted by Gasteiger charge is -2.17. The highest BCUT2D eigenvalue weighted by atomic mass is 15.3. The van der Waals surface area contributed by atoms with Gasteiger partial charge in [0.15, 0.2) is 0 Å². The quantitative estimate of drug-likeness (QED) is 0.457. The van der Waals surface area contributed by atoms with Crippen LogP contribution in [0.5, 0.6) is 0 Å². The molecule has 1 aromatic rings. The van der Waals surface area contributed by atoms with Crippen molar-refractivity contribution in [1.29, 1.82) is 0 Å². The lowest BCUT2D eigenvalue weighted by Crippen LogP contribution is -2.04. The van der Waals surface area contributed by atoms with E-state index in [2.05, 4.69) is 63.4 Å². The van der Waals surface area contributed by atoms with E-state index in [1.165, 1.54) is 67.6 Å². The molecular formula is C22H33N. The lowest BCUT2D eigenvalue weighted by atomic mass is 9.89. The van der Waals surface area contributed by atoms with Gasteiger partial charge in [0, 0.05) is 12.2 Å². The minimum absolute atomic E-state index is 0.497. The molecule has 0 aliphatic carbocycles. The Morgan fingerprint density at radius 3 is 2.17 bits per heavy atom. The minimum atomic E-state index is 0.497. The van der Waals surface area contributed by atoms with Crippen LogP contribution in [-0.4, -0.2) is 11.4 Å². The third kappa shape index (κ3) is 5.57. The summed E-state index contributed by atoms with van der Waals surface area (Å²) in [6.07, 6.45) is 10.1. The molecule has 0 unspecified atom stereocenters. The monoisotopic (exact) mass is 311 g/mol. The van der Waals surface area contributed by atoms with Crippen molar-refractivity contribution in [2.45, 2.75) is 66.2 Å². The molecule has 23 heavy (non-hydrogen) atoms. The Morgan fingerprint density at radius 1 is 0.957 bits per heavy atom. The molecule has 1 aliphatic heterocycles. The van der Waals surface area contributed by atoms with Crippen LogP contribution < -0.4 is 0 Å². The highest BCUT2D eigenvalue weighted by Gasteiger charge is 2.29. The molecule has 0 atom stereocenters. The molecule has 1 heterocycles. The predicted molar refractivity (Wildman–Crippen MR) is 103 cm³/mol. The SMILES string of the molecule is C=Cc1ccc(C2=C(C)N2CCCCCCCC(C)(C)C)cc1. The Morgan fingerprint density at radius 2 is 1.57 bits per heavy atom. The maximum Gasteiger partial charge on any atom is 0.0677 e. The summed E-state index contributed by atoms with van der Waals surface area (Å²) in [5, 5.41) is 0. The first-order valence-corrected chi connectivity index (χ1v) is 9.14. The first-order valence-electron chi connectivity index (χ1n) is 9.14. The second kappa shape index (κ2) is 7.86. The molecule has 2 rings (SSSR count). The maximum atomic E-state index is 3.81. The maximum absolute atomic E-state index is 3.81. The summed E-state index contributed by atoms with van der Waals surface area (Å²) in [7, 11) is 0. The van der Waals surface area contributed by atoms with Gasteiger partial charge in [0.05, 0.1) is 5.70 Å². The first-order chi connectivity index (χ1) is 10.9. The Kier molecular flexibility index (Phi) is 6.10. The Balaban J connectivity index is 1.62. The van der Waals surface area contributed by atoms with E-state index in [0.717, 1.165) is 0 Å². The molecular weight excluding hydrogens is 278 g/mol. The Labute approximate surface area is 143 Å². The van der Waals surface area contributed by atoms with Crippen molar-refractivity contribution >= 4 is 11.8 Å². The van der Waals surface area contributed by atoms with Gasteiger partial charge in [-0.2, -0.15) is 0 Å². The lowest BCUT2D eigenvalue weighted by molar-refractivity contribution is 0.356. The van der Waals surface area contributed by atoms with Crippen molar-refractivity contribution in [2.24, 2.45) is 5.41 Å². The van der Waals surface area contributed by atoms with E-state index in [4.69, 9.17) is 0 Å². The summed E-state index contributed by atoms with van der Waals surface area (Å²) in [4.78, 5) is 2.47. The van der Waals surface area contributed by atoms with Crippen LogP contribution in [0.15, 0.2) is 36.5 Å². The molecule has 0 saturated heterocycles. The van der Waals surface area contributed by atoms with E-state index in [9.17, 15) is 0 Å². The van der Waals surface area contributed by atoms with Crippen molar-refractivity contribution in [2.75, 3.05) is 6.54 Å². The van der Waals surface area contributed by atoms with E-state index in [-0.39, 0.29) is 0 Å². The van der Waals surface area contributed by atoms with Gasteiger partial charge in [0.1, 0.15) is 0 Å². The third-order valence-corrected chi connectivity index (χ3v) is 4.70. The van der Waals surface area contributed by atoms with Crippen LogP contribution in [0.1, 0.15) is 77.3 Å². The summed E-state index contributed by atoms with van der Waals surface area (Å²) in [5.74, 6) is 0. The molecule has 1 heteroatoms. The van der Waals surface area contributed by atoms with Gasteiger partial charge in [0.25, 0.3) is 0 Å². The molecule has 0 bridgehead atoms. The van der Waals surface area contributed by atoms with Crippen LogP contribution in [-0.2, 0) is 0 Å². The van der Waals surface area contributed by atoms with Gasteiger partial charge < -0.3 is 4.90 Å². The number of hydrogen-bond acceptors (Lipinski definition) is 1. The molecule has 1 aromatic carbocycles. The minimum Gasteiger partial charge on any atom is -0.341 e. The average molecular weight is 312 g/mol. The predicted octanol–water partition coefficient (Wildman–Crippen LogP) is 6.72. The van der Waals surface area contributed by atoms with Gasteiger partial charge in [-0.3, -0.25) is 0 Å². The largest absolute Gasteiger partial charge is 0.341 e. The summed E-state index contributed by atoms with van der Waals surface area (Å²) >= 11 is 0. The highest BCUT2D eigenvalue weighted by Crippen LogP contribution is 2.40. The zero-order valence-corrected chi connectivity index (χ0v) is 15.5. The molecule has 1 aliphatic rings. The third-order valence-electron chi connectivity index (χ3n) is 4.70. The second-order valence-corrected chi connectivity index (χ2v) is 7.99. The van der Waals surface area contributed by atoms with Crippen LogP contribution in [0.3, 0.4) is 0 Å². The number of rotatable bonds is 9. The van der Waals surface area contributed by atoms with E-state index in [0.29, 0.717) is 5.41 Å². The summed E-state index contributed by atoms with van der Waals surface area (Å²) < 4.78 is 0. The van der Waals surface area contributed by atoms with Crippen LogP contribution >= 0.6 is 0 Å². The van der Waals surface area contributed by atoms with Gasteiger partial charge in [-0.1, -0.05) is 83.4 Å². The number of nitrogens with zero attached hydrogens (tertiary/aromatic N) is 1. The standard InChI is InChI=1S/C22H33N/c1-6-19-12-14-20(15-13-19)21-18(2)23(21)17-11-9-7-8-10-16-22(3,4)5/h6,12-15H,1,7-11,16-17H2,2-5H3. The molecule has 1 nitrogen and oxygen atoms in total. The molecule has 0 fully saturated rings. The van der Waals surface area contributed by atoms with Gasteiger partial charge >= 0.3 is 0 Å². The van der Waals surface area contributed by atoms with Gasteiger partial charge in [-0.05, 0) is 36.3 Å². The fraction of sp³-hybridized carbons (Fsp3) is 0.545. The van der Waals surface area contributed by atoms with Crippen LogP contribution in [0.25, 0.3) is 11.8 Å². The summed E-state index contributed by atoms with van der Waals surface area (Å²) in [6.45, 7) is 14.2. The molecule has 126 valence electrons. The summed E-state index contributed by atoms with van der Waals surface area (Å²) in [6, 6.07) is 8.72. The molecule has 0 spiro atoms. The number of allylic oxidation sites excluding steroid dienone is 1. The van der Waals surface area contributed by atoms with E-state index in [1.54, 1.807) is 0 Å². The molecule has 0 N–H and O–H groups in total. The van der Waals surface area contributed by atoms with Crippen molar-refractivity contribution in [3.05, 3.63) is 47.7 Å². The van der Waals surface area contributed by atoms with Gasteiger partial charge in [-0.25, -0.2) is 0 Å². The Bertz CT molecular complexity index is 542. The highest BCUT2D eigenvalue weighted by molar-refractivity contribution is 5.79. The van der Waals surface area contributed by atoms with Crippen molar-refractivity contribution in [3.63, 3.8) is 0 Å².